The lowest BCUT2D eigenvalue weighted by molar-refractivity contribution is 0.184. The molecule has 9 heteroatoms. The summed E-state index contributed by atoms with van der Waals surface area (Å²) in [6.45, 7) is 2.39. The van der Waals surface area contributed by atoms with Crippen molar-refractivity contribution in [1.82, 2.24) is 25.0 Å². The quantitative estimate of drug-likeness (QED) is 0.303. The predicted molar refractivity (Wildman–Crippen MR) is 120 cm³/mol. The van der Waals surface area contributed by atoms with Crippen LogP contribution in [-0.4, -0.2) is 45.6 Å². The first-order valence-electron chi connectivity index (χ1n) is 10.4. The fourth-order valence-electron chi connectivity index (χ4n) is 3.71. The summed E-state index contributed by atoms with van der Waals surface area (Å²) in [6, 6.07) is 10.2. The molecule has 0 saturated carbocycles. The minimum absolute atomic E-state index is 0.00124. The molecule has 1 aromatic carbocycles. The van der Waals surface area contributed by atoms with Crippen LogP contribution >= 0.6 is 11.3 Å². The Hall–Kier alpha value is -2.65. The SMILES string of the molecule is CN=C(NCCCn1nc2n(c1=O)CCCC2)NCC(O)c1cc2ccccc2s1. The van der Waals surface area contributed by atoms with Gasteiger partial charge < -0.3 is 15.7 Å². The lowest BCUT2D eigenvalue weighted by atomic mass is 10.2. The number of fused-ring (bicyclic) bond motifs is 2. The number of aryl methyl sites for hydroxylation is 2. The number of aliphatic hydroxyl groups is 1. The van der Waals surface area contributed by atoms with E-state index in [9.17, 15) is 9.90 Å². The zero-order valence-electron chi connectivity index (χ0n) is 17.2. The van der Waals surface area contributed by atoms with E-state index >= 15 is 0 Å². The van der Waals surface area contributed by atoms with Gasteiger partial charge in [-0.25, -0.2) is 9.48 Å². The third-order valence-electron chi connectivity index (χ3n) is 5.33. The molecule has 1 unspecified atom stereocenters. The largest absolute Gasteiger partial charge is 0.386 e. The van der Waals surface area contributed by atoms with Crippen LogP contribution in [0.25, 0.3) is 10.1 Å². The van der Waals surface area contributed by atoms with Crippen LogP contribution in [0.4, 0.5) is 0 Å². The molecule has 0 saturated heterocycles. The lowest BCUT2D eigenvalue weighted by Crippen LogP contribution is -2.40. The number of benzene rings is 1. The van der Waals surface area contributed by atoms with Crippen LogP contribution in [-0.2, 0) is 19.5 Å². The van der Waals surface area contributed by atoms with E-state index in [4.69, 9.17) is 0 Å². The molecule has 0 aliphatic carbocycles. The molecule has 0 fully saturated rings. The van der Waals surface area contributed by atoms with Crippen LogP contribution < -0.4 is 16.3 Å². The molecule has 1 atom stereocenters. The van der Waals surface area contributed by atoms with Crippen molar-refractivity contribution in [3.8, 4) is 0 Å². The number of hydrogen-bond acceptors (Lipinski definition) is 5. The Morgan fingerprint density at radius 3 is 3.00 bits per heavy atom. The topological polar surface area (TPSA) is 96.5 Å². The van der Waals surface area contributed by atoms with E-state index in [0.29, 0.717) is 25.6 Å². The van der Waals surface area contributed by atoms with Gasteiger partial charge in [0.2, 0.25) is 0 Å². The van der Waals surface area contributed by atoms with Gasteiger partial charge in [-0.1, -0.05) is 18.2 Å². The number of aromatic nitrogens is 3. The molecule has 0 amide bonds. The maximum atomic E-state index is 12.4. The Morgan fingerprint density at radius 1 is 1.33 bits per heavy atom. The van der Waals surface area contributed by atoms with E-state index in [1.807, 2.05) is 18.2 Å². The lowest BCUT2D eigenvalue weighted by Gasteiger charge is -2.14. The van der Waals surface area contributed by atoms with Gasteiger partial charge in [0.25, 0.3) is 0 Å². The maximum absolute atomic E-state index is 12.4. The summed E-state index contributed by atoms with van der Waals surface area (Å²) in [7, 11) is 1.70. The van der Waals surface area contributed by atoms with Crippen molar-refractivity contribution in [3.63, 3.8) is 0 Å². The summed E-state index contributed by atoms with van der Waals surface area (Å²) in [5.41, 5.74) is -0.00124. The van der Waals surface area contributed by atoms with E-state index in [1.54, 1.807) is 27.6 Å². The molecule has 3 aromatic rings. The standard InChI is InChI=1S/C21H28N6O2S/c1-22-20(24-14-16(28)18-13-15-7-2-3-8-17(15)30-18)23-10-6-12-27-21(29)26-11-5-4-9-19(26)25-27/h2-3,7-8,13,16,28H,4-6,9-12,14H2,1H3,(H2,22,23,24). The van der Waals surface area contributed by atoms with Gasteiger partial charge in [-0.15, -0.1) is 11.3 Å². The van der Waals surface area contributed by atoms with Crippen LogP contribution in [0.5, 0.6) is 0 Å². The Kier molecular flexibility index (Phi) is 6.49. The van der Waals surface area contributed by atoms with Crippen molar-refractivity contribution >= 4 is 27.4 Å². The van der Waals surface area contributed by atoms with E-state index in [0.717, 1.165) is 48.3 Å². The minimum Gasteiger partial charge on any atom is -0.386 e. The smallest absolute Gasteiger partial charge is 0.345 e. The van der Waals surface area contributed by atoms with Gasteiger partial charge in [0.15, 0.2) is 5.96 Å². The van der Waals surface area contributed by atoms with E-state index in [1.165, 1.54) is 4.70 Å². The van der Waals surface area contributed by atoms with Gasteiger partial charge in [0, 0.05) is 49.2 Å². The molecule has 3 N–H and O–H groups in total. The van der Waals surface area contributed by atoms with Gasteiger partial charge in [-0.05, 0) is 36.8 Å². The summed E-state index contributed by atoms with van der Waals surface area (Å²) < 4.78 is 4.54. The molecule has 160 valence electrons. The van der Waals surface area contributed by atoms with E-state index in [2.05, 4.69) is 32.9 Å². The summed E-state index contributed by atoms with van der Waals surface area (Å²) in [5, 5.41) is 22.5. The molecule has 4 rings (SSSR count). The second kappa shape index (κ2) is 9.44. The van der Waals surface area contributed by atoms with Crippen molar-refractivity contribution in [2.45, 2.75) is 44.9 Å². The van der Waals surface area contributed by atoms with Gasteiger partial charge in [0.1, 0.15) is 11.9 Å². The van der Waals surface area contributed by atoms with E-state index < -0.39 is 6.10 Å². The molecule has 0 bridgehead atoms. The summed E-state index contributed by atoms with van der Waals surface area (Å²) >= 11 is 1.60. The summed E-state index contributed by atoms with van der Waals surface area (Å²) in [4.78, 5) is 17.5. The number of hydrogen-bond donors (Lipinski definition) is 3. The summed E-state index contributed by atoms with van der Waals surface area (Å²) in [6.07, 6.45) is 3.20. The van der Waals surface area contributed by atoms with Gasteiger partial charge in [-0.2, -0.15) is 5.10 Å². The third kappa shape index (κ3) is 4.57. The molecule has 8 nitrogen and oxygen atoms in total. The van der Waals surface area contributed by atoms with Crippen molar-refractivity contribution in [3.05, 3.63) is 51.5 Å². The Morgan fingerprint density at radius 2 is 2.20 bits per heavy atom. The highest BCUT2D eigenvalue weighted by molar-refractivity contribution is 7.19. The average Bonchev–Trinajstić information content (AvgIpc) is 3.34. The second-order valence-electron chi connectivity index (χ2n) is 7.47. The Bertz CT molecular complexity index is 1050. The first-order valence-corrected chi connectivity index (χ1v) is 11.2. The third-order valence-corrected chi connectivity index (χ3v) is 6.55. The summed E-state index contributed by atoms with van der Waals surface area (Å²) in [5.74, 6) is 1.54. The molecule has 0 spiro atoms. The van der Waals surface area contributed by atoms with Gasteiger partial charge in [-0.3, -0.25) is 9.56 Å². The zero-order chi connectivity index (χ0) is 20.9. The highest BCUT2D eigenvalue weighted by Gasteiger charge is 2.16. The van der Waals surface area contributed by atoms with Crippen LogP contribution in [0.15, 0.2) is 40.1 Å². The maximum Gasteiger partial charge on any atom is 0.345 e. The molecule has 0 radical (unpaired) electrons. The monoisotopic (exact) mass is 428 g/mol. The molecule has 30 heavy (non-hydrogen) atoms. The molecule has 2 aromatic heterocycles. The number of nitrogens with zero attached hydrogens (tertiary/aromatic N) is 4. The first kappa shape index (κ1) is 20.6. The highest BCUT2D eigenvalue weighted by Crippen LogP contribution is 2.29. The van der Waals surface area contributed by atoms with Crippen LogP contribution in [0, 0.1) is 0 Å². The second-order valence-corrected chi connectivity index (χ2v) is 8.58. The Labute approximate surface area is 179 Å². The number of aliphatic hydroxyl groups excluding tert-OH is 1. The number of rotatable bonds is 7. The molecular weight excluding hydrogens is 400 g/mol. The zero-order valence-corrected chi connectivity index (χ0v) is 18.0. The van der Waals surface area contributed by atoms with Crippen LogP contribution in [0.1, 0.15) is 36.1 Å². The first-order chi connectivity index (χ1) is 14.7. The fraction of sp³-hybridized carbons (Fsp3) is 0.476. The minimum atomic E-state index is -0.601. The van der Waals surface area contributed by atoms with Gasteiger partial charge >= 0.3 is 5.69 Å². The van der Waals surface area contributed by atoms with Crippen molar-refractivity contribution in [2.75, 3.05) is 20.1 Å². The highest BCUT2D eigenvalue weighted by atomic mass is 32.1. The number of thiophene rings is 1. The number of nitrogens with one attached hydrogen (secondary N) is 2. The van der Waals surface area contributed by atoms with Crippen LogP contribution in [0.2, 0.25) is 0 Å². The molecule has 1 aliphatic rings. The fourth-order valence-corrected chi connectivity index (χ4v) is 4.76. The predicted octanol–water partition coefficient (Wildman–Crippen LogP) is 1.88. The number of aliphatic imine (C=N–C) groups is 1. The molecule has 3 heterocycles. The average molecular weight is 429 g/mol. The van der Waals surface area contributed by atoms with Crippen molar-refractivity contribution in [2.24, 2.45) is 4.99 Å². The molecular formula is C21H28N6O2S. The Balaban J connectivity index is 1.23. The number of guanidine groups is 1. The van der Waals surface area contributed by atoms with Crippen molar-refractivity contribution in [1.29, 1.82) is 0 Å². The van der Waals surface area contributed by atoms with E-state index in [-0.39, 0.29) is 5.69 Å². The molecule has 1 aliphatic heterocycles. The van der Waals surface area contributed by atoms with Gasteiger partial charge in [0.05, 0.1) is 0 Å². The normalized spacial score (nSPS) is 15.2. The van der Waals surface area contributed by atoms with Crippen LogP contribution in [0.3, 0.4) is 0 Å². The van der Waals surface area contributed by atoms with Crippen molar-refractivity contribution < 1.29 is 5.11 Å².